The fourth-order valence-corrected chi connectivity index (χ4v) is 1.21. The van der Waals surface area contributed by atoms with Crippen LogP contribution >= 0.6 is 0 Å². The van der Waals surface area contributed by atoms with Gasteiger partial charge in [0.25, 0.3) is 0 Å². The van der Waals surface area contributed by atoms with Gasteiger partial charge in [0.2, 0.25) is 0 Å². The van der Waals surface area contributed by atoms with Gasteiger partial charge in [-0.25, -0.2) is 0 Å². The van der Waals surface area contributed by atoms with Gasteiger partial charge in [0.15, 0.2) is 0 Å². The number of hydrogen-bond donors (Lipinski definition) is 1. The molecule has 4 nitrogen and oxygen atoms in total. The molecular formula is C8H15NO3. The third kappa shape index (κ3) is 3.19. The average molecular weight is 173 g/mol. The first kappa shape index (κ1) is 9.48. The molecule has 1 aliphatic rings. The molecule has 70 valence electrons. The predicted octanol–water partition coefficient (Wildman–Crippen LogP) is 0.182. The molecular weight excluding hydrogens is 158 g/mol. The highest BCUT2D eigenvalue weighted by Gasteiger charge is 2.29. The molecule has 1 rings (SSSR count). The zero-order chi connectivity index (χ0) is 8.97. The average Bonchev–Trinajstić information content (AvgIpc) is 2.79. The number of hydrogen-bond acceptors (Lipinski definition) is 3. The van der Waals surface area contributed by atoms with Crippen LogP contribution in [0.5, 0.6) is 0 Å². The zero-order valence-corrected chi connectivity index (χ0v) is 7.32. The smallest absolute Gasteiger partial charge is 0.317 e. The number of nitrogens with zero attached hydrogens (tertiary/aromatic N) is 1. The van der Waals surface area contributed by atoms with Crippen LogP contribution in [0.3, 0.4) is 0 Å². The minimum Gasteiger partial charge on any atom is -0.480 e. The molecule has 0 unspecified atom stereocenters. The Hall–Kier alpha value is -0.610. The first-order chi connectivity index (χ1) is 5.74. The standard InChI is InChI=1S/C8H15NO3/c1-12-5-4-9(6-8(10)11)7-2-3-7/h7H,2-6H2,1H3,(H,10,11). The Morgan fingerprint density at radius 2 is 2.33 bits per heavy atom. The van der Waals surface area contributed by atoms with Crippen LogP contribution < -0.4 is 0 Å². The van der Waals surface area contributed by atoms with Gasteiger partial charge in [-0.2, -0.15) is 0 Å². The second-order valence-electron chi connectivity index (χ2n) is 3.09. The maximum absolute atomic E-state index is 10.4. The maximum Gasteiger partial charge on any atom is 0.317 e. The lowest BCUT2D eigenvalue weighted by atomic mass is 10.4. The molecule has 1 N–H and O–H groups in total. The summed E-state index contributed by atoms with van der Waals surface area (Å²) in [7, 11) is 1.63. The highest BCUT2D eigenvalue weighted by molar-refractivity contribution is 5.69. The summed E-state index contributed by atoms with van der Waals surface area (Å²) in [5, 5.41) is 8.58. The number of methoxy groups -OCH3 is 1. The van der Waals surface area contributed by atoms with Gasteiger partial charge in [-0.15, -0.1) is 0 Å². The highest BCUT2D eigenvalue weighted by Crippen LogP contribution is 2.25. The third-order valence-corrected chi connectivity index (χ3v) is 1.98. The third-order valence-electron chi connectivity index (χ3n) is 1.98. The summed E-state index contributed by atoms with van der Waals surface area (Å²) >= 11 is 0. The Bertz CT molecular complexity index is 156. The van der Waals surface area contributed by atoms with E-state index in [1.807, 2.05) is 4.90 Å². The van der Waals surface area contributed by atoms with E-state index in [4.69, 9.17) is 9.84 Å². The van der Waals surface area contributed by atoms with Gasteiger partial charge in [0.1, 0.15) is 0 Å². The van der Waals surface area contributed by atoms with Crippen molar-refractivity contribution in [3.05, 3.63) is 0 Å². The summed E-state index contributed by atoms with van der Waals surface area (Å²) in [5.74, 6) is -0.752. The summed E-state index contributed by atoms with van der Waals surface area (Å²) in [6.45, 7) is 1.49. The van der Waals surface area contributed by atoms with E-state index in [0.29, 0.717) is 12.6 Å². The van der Waals surface area contributed by atoms with Crippen LogP contribution in [0.2, 0.25) is 0 Å². The molecule has 0 aromatic carbocycles. The minimum atomic E-state index is -0.752. The molecule has 0 radical (unpaired) electrons. The summed E-state index contributed by atoms with van der Waals surface area (Å²) in [6.07, 6.45) is 2.27. The number of ether oxygens (including phenoxy) is 1. The lowest BCUT2D eigenvalue weighted by Crippen LogP contribution is -2.34. The van der Waals surface area contributed by atoms with Gasteiger partial charge in [-0.3, -0.25) is 9.69 Å². The summed E-state index contributed by atoms with van der Waals surface area (Å²) in [4.78, 5) is 12.4. The van der Waals surface area contributed by atoms with Gasteiger partial charge >= 0.3 is 5.97 Å². The Morgan fingerprint density at radius 1 is 1.67 bits per heavy atom. The molecule has 1 aliphatic carbocycles. The number of aliphatic carboxylic acids is 1. The van der Waals surface area contributed by atoms with Crippen LogP contribution in [0.25, 0.3) is 0 Å². The maximum atomic E-state index is 10.4. The molecule has 1 saturated carbocycles. The van der Waals surface area contributed by atoms with E-state index in [-0.39, 0.29) is 6.54 Å². The Balaban J connectivity index is 2.22. The van der Waals surface area contributed by atoms with Crippen molar-refractivity contribution >= 4 is 5.97 Å². The predicted molar refractivity (Wildman–Crippen MR) is 44.1 cm³/mol. The monoisotopic (exact) mass is 173 g/mol. The molecule has 0 aromatic rings. The molecule has 0 amide bonds. The molecule has 12 heavy (non-hydrogen) atoms. The number of rotatable bonds is 6. The Kier molecular flexibility index (Phi) is 3.49. The normalized spacial score (nSPS) is 16.8. The lowest BCUT2D eigenvalue weighted by molar-refractivity contribution is -0.138. The molecule has 0 heterocycles. The van der Waals surface area contributed by atoms with Crippen LogP contribution in [0.4, 0.5) is 0 Å². The van der Waals surface area contributed by atoms with Crippen molar-refractivity contribution in [3.63, 3.8) is 0 Å². The van der Waals surface area contributed by atoms with Gasteiger partial charge in [0.05, 0.1) is 13.2 Å². The van der Waals surface area contributed by atoms with E-state index in [1.54, 1.807) is 7.11 Å². The second-order valence-corrected chi connectivity index (χ2v) is 3.09. The number of carboxylic acids is 1. The van der Waals surface area contributed by atoms with E-state index in [9.17, 15) is 4.79 Å². The Morgan fingerprint density at radius 3 is 2.75 bits per heavy atom. The van der Waals surface area contributed by atoms with E-state index in [0.717, 1.165) is 19.4 Å². The first-order valence-corrected chi connectivity index (χ1v) is 4.19. The highest BCUT2D eigenvalue weighted by atomic mass is 16.5. The molecule has 0 spiro atoms. The fourth-order valence-electron chi connectivity index (χ4n) is 1.21. The van der Waals surface area contributed by atoms with E-state index in [1.165, 1.54) is 0 Å². The van der Waals surface area contributed by atoms with Crippen LogP contribution in [0.15, 0.2) is 0 Å². The van der Waals surface area contributed by atoms with Crippen molar-refractivity contribution < 1.29 is 14.6 Å². The molecule has 1 fully saturated rings. The van der Waals surface area contributed by atoms with Gasteiger partial charge in [0, 0.05) is 19.7 Å². The molecule has 0 saturated heterocycles. The van der Waals surface area contributed by atoms with Crippen molar-refractivity contribution in [3.8, 4) is 0 Å². The van der Waals surface area contributed by atoms with Gasteiger partial charge in [-0.1, -0.05) is 0 Å². The molecule has 0 atom stereocenters. The largest absolute Gasteiger partial charge is 0.480 e. The zero-order valence-electron chi connectivity index (χ0n) is 7.32. The van der Waals surface area contributed by atoms with Crippen molar-refractivity contribution in [1.29, 1.82) is 0 Å². The minimum absolute atomic E-state index is 0.147. The quantitative estimate of drug-likeness (QED) is 0.622. The van der Waals surface area contributed by atoms with Gasteiger partial charge in [-0.05, 0) is 12.8 Å². The van der Waals surface area contributed by atoms with Crippen LogP contribution in [0.1, 0.15) is 12.8 Å². The van der Waals surface area contributed by atoms with Crippen LogP contribution in [-0.4, -0.2) is 48.8 Å². The van der Waals surface area contributed by atoms with Crippen LogP contribution in [-0.2, 0) is 9.53 Å². The van der Waals surface area contributed by atoms with Crippen molar-refractivity contribution in [2.24, 2.45) is 0 Å². The molecule has 0 aromatic heterocycles. The topological polar surface area (TPSA) is 49.8 Å². The van der Waals surface area contributed by atoms with Gasteiger partial charge < -0.3 is 9.84 Å². The van der Waals surface area contributed by atoms with Crippen molar-refractivity contribution in [2.75, 3.05) is 26.8 Å². The number of carbonyl (C=O) groups is 1. The number of carboxylic acid groups (broad SMARTS) is 1. The Labute approximate surface area is 72.1 Å². The summed E-state index contributed by atoms with van der Waals surface area (Å²) in [5.41, 5.74) is 0. The summed E-state index contributed by atoms with van der Waals surface area (Å²) < 4.78 is 4.90. The molecule has 0 aliphatic heterocycles. The molecule has 0 bridgehead atoms. The van der Waals surface area contributed by atoms with E-state index < -0.39 is 5.97 Å². The van der Waals surface area contributed by atoms with E-state index >= 15 is 0 Å². The van der Waals surface area contributed by atoms with E-state index in [2.05, 4.69) is 0 Å². The second kappa shape index (κ2) is 4.42. The van der Waals surface area contributed by atoms with Crippen LogP contribution in [0, 0.1) is 0 Å². The van der Waals surface area contributed by atoms with Crippen molar-refractivity contribution in [1.82, 2.24) is 4.90 Å². The summed E-state index contributed by atoms with van der Waals surface area (Å²) in [6, 6.07) is 0.497. The lowest BCUT2D eigenvalue weighted by Gasteiger charge is -2.18. The van der Waals surface area contributed by atoms with Crippen molar-refractivity contribution in [2.45, 2.75) is 18.9 Å². The molecule has 4 heteroatoms. The SMILES string of the molecule is COCCN(CC(=O)O)C1CC1. The first-order valence-electron chi connectivity index (χ1n) is 4.19. The fraction of sp³-hybridized carbons (Fsp3) is 0.875.